The summed E-state index contributed by atoms with van der Waals surface area (Å²) in [5.74, 6) is 0. The van der Waals surface area contributed by atoms with Gasteiger partial charge in [0.25, 0.3) is 6.71 Å². The molecule has 0 amide bonds. The van der Waals surface area contributed by atoms with Gasteiger partial charge in [0.1, 0.15) is 11.1 Å². The van der Waals surface area contributed by atoms with Gasteiger partial charge in [-0.2, -0.15) is 0 Å². The zero-order valence-electron chi connectivity index (χ0n) is 39.3. The van der Waals surface area contributed by atoms with Crippen LogP contribution in [0.15, 0.2) is 138 Å². The van der Waals surface area contributed by atoms with Crippen molar-refractivity contribution in [1.82, 2.24) is 4.57 Å². The molecule has 10 aromatic rings. The van der Waals surface area contributed by atoms with Crippen LogP contribution in [0.5, 0.6) is 0 Å². The normalized spacial score (nSPS) is 19.9. The maximum atomic E-state index is 6.85. The predicted octanol–water partition coefficient (Wildman–Crippen LogP) is 14.8. The number of fused-ring (bicyclic) bond motifs is 15. The lowest BCUT2D eigenvalue weighted by atomic mass is 9.33. The molecule has 7 aromatic carbocycles. The first-order chi connectivity index (χ1) is 31.7. The molecule has 324 valence electrons. The number of rotatable bonds is 2. The number of thiophene rings is 1. The van der Waals surface area contributed by atoms with E-state index in [1.54, 1.807) is 0 Å². The molecule has 2 atom stereocenters. The molecule has 14 rings (SSSR count). The summed E-state index contributed by atoms with van der Waals surface area (Å²) in [5.41, 5.74) is 20.1. The van der Waals surface area contributed by atoms with Crippen molar-refractivity contribution >= 4 is 116 Å². The highest BCUT2D eigenvalue weighted by atomic mass is 32.1. The van der Waals surface area contributed by atoms with Gasteiger partial charge in [-0.05, 0) is 130 Å². The molecule has 6 heteroatoms. The van der Waals surface area contributed by atoms with E-state index >= 15 is 0 Å². The Morgan fingerprint density at radius 2 is 1.30 bits per heavy atom. The molecule has 0 radical (unpaired) electrons. The van der Waals surface area contributed by atoms with E-state index in [1.807, 2.05) is 11.3 Å². The Labute approximate surface area is 391 Å². The lowest BCUT2D eigenvalue weighted by Gasteiger charge is -2.50. The molecule has 0 N–H and O–H groups in total. The number of benzene rings is 7. The van der Waals surface area contributed by atoms with Gasteiger partial charge in [0, 0.05) is 64.8 Å². The maximum Gasteiger partial charge on any atom is 0.252 e. The SMILES string of the molecule is CC(C)(C)c1cc2c3c(c1)-n1c4c(cccc4c4oc5ccccc5c41)B3c1ccc(N3c4ccc(C(C)(C)C)cc4C4(C)CCCCC34C)cc1N2c1cccc2sc3ccccc3c12. The van der Waals surface area contributed by atoms with Gasteiger partial charge < -0.3 is 18.8 Å². The Morgan fingerprint density at radius 3 is 2.14 bits per heavy atom. The zero-order chi connectivity index (χ0) is 44.8. The molecule has 0 bridgehead atoms. The Hall–Kier alpha value is -6.24. The van der Waals surface area contributed by atoms with Gasteiger partial charge in [-0.25, -0.2) is 0 Å². The van der Waals surface area contributed by atoms with E-state index in [9.17, 15) is 0 Å². The molecule has 6 heterocycles. The quantitative estimate of drug-likeness (QED) is 0.162. The second-order valence-electron chi connectivity index (χ2n) is 22.4. The first-order valence-corrected chi connectivity index (χ1v) is 25.0. The van der Waals surface area contributed by atoms with Gasteiger partial charge >= 0.3 is 0 Å². The number of aromatic nitrogens is 1. The number of para-hydroxylation sites is 2. The predicted molar refractivity (Wildman–Crippen MR) is 283 cm³/mol. The molecular weight excluding hydrogens is 822 g/mol. The highest BCUT2D eigenvalue weighted by Gasteiger charge is 2.58. The summed E-state index contributed by atoms with van der Waals surface area (Å²) in [6, 6.07) is 51.6. The van der Waals surface area contributed by atoms with Crippen LogP contribution in [0.1, 0.15) is 97.8 Å². The fourth-order valence-electron chi connectivity index (χ4n) is 13.3. The summed E-state index contributed by atoms with van der Waals surface area (Å²) in [6.07, 6.45) is 4.85. The third-order valence-electron chi connectivity index (χ3n) is 16.8. The van der Waals surface area contributed by atoms with Crippen LogP contribution < -0.4 is 26.2 Å². The standard InChI is InChI=1S/C60H54BN3OS/c1-57(2,3)35-25-28-44-41(31-35)59(7)29-13-14-30-60(59,8)64(44)37-26-27-42-46(34-37)62(45-21-16-24-51-52(45)39-18-10-12-23-50(39)66-51)47-32-36(58(4,5)6)33-48-53(47)61(42)43-20-15-19-40-54(43)63(48)55-38-17-9-11-22-49(38)65-56(40)55/h9-12,15-28,31-34H,13-14,29-30H2,1-8H3. The van der Waals surface area contributed by atoms with E-state index in [-0.39, 0.29) is 28.5 Å². The first kappa shape index (κ1) is 39.0. The van der Waals surface area contributed by atoms with Gasteiger partial charge in [0.15, 0.2) is 5.58 Å². The van der Waals surface area contributed by atoms with Crippen LogP contribution in [0.4, 0.5) is 28.4 Å². The van der Waals surface area contributed by atoms with Crippen molar-refractivity contribution in [2.75, 3.05) is 9.80 Å². The van der Waals surface area contributed by atoms with E-state index in [0.29, 0.717) is 0 Å². The smallest absolute Gasteiger partial charge is 0.252 e. The number of anilines is 5. The lowest BCUT2D eigenvalue weighted by molar-refractivity contribution is 0.195. The number of hydrogen-bond acceptors (Lipinski definition) is 4. The molecule has 3 aliphatic heterocycles. The van der Waals surface area contributed by atoms with E-state index < -0.39 is 0 Å². The second kappa shape index (κ2) is 12.8. The molecule has 1 aliphatic carbocycles. The van der Waals surface area contributed by atoms with E-state index in [2.05, 4.69) is 203 Å². The van der Waals surface area contributed by atoms with Gasteiger partial charge in [-0.15, -0.1) is 11.3 Å². The van der Waals surface area contributed by atoms with Gasteiger partial charge in [-0.1, -0.05) is 128 Å². The molecule has 0 saturated heterocycles. The molecule has 4 aliphatic rings. The molecule has 66 heavy (non-hydrogen) atoms. The summed E-state index contributed by atoms with van der Waals surface area (Å²) in [6.45, 7) is 19.3. The molecule has 1 fully saturated rings. The Balaban J connectivity index is 1.11. The molecule has 2 unspecified atom stereocenters. The number of nitrogens with zero attached hydrogens (tertiary/aromatic N) is 3. The molecule has 1 saturated carbocycles. The molecular formula is C60H54BN3OS. The number of hydrogen-bond donors (Lipinski definition) is 0. The number of furan rings is 1. The van der Waals surface area contributed by atoms with Crippen LogP contribution in [0.25, 0.3) is 58.8 Å². The summed E-state index contributed by atoms with van der Waals surface area (Å²) >= 11 is 1.90. The average Bonchev–Trinajstić information content (AvgIpc) is 4.02. The summed E-state index contributed by atoms with van der Waals surface area (Å²) in [5, 5.41) is 4.96. The first-order valence-electron chi connectivity index (χ1n) is 24.2. The van der Waals surface area contributed by atoms with Gasteiger partial charge in [-0.3, -0.25) is 0 Å². The highest BCUT2D eigenvalue weighted by Crippen LogP contribution is 2.62. The Bertz CT molecular complexity index is 3760. The van der Waals surface area contributed by atoms with Crippen molar-refractivity contribution in [3.63, 3.8) is 0 Å². The maximum absolute atomic E-state index is 6.85. The average molecular weight is 876 g/mol. The van der Waals surface area contributed by atoms with Gasteiger partial charge in [0.2, 0.25) is 0 Å². The minimum atomic E-state index is -0.123. The third kappa shape index (κ3) is 4.86. The van der Waals surface area contributed by atoms with Crippen molar-refractivity contribution in [2.45, 2.75) is 103 Å². The van der Waals surface area contributed by atoms with Crippen molar-refractivity contribution in [1.29, 1.82) is 0 Å². The van der Waals surface area contributed by atoms with Crippen LogP contribution in [-0.2, 0) is 16.2 Å². The largest absolute Gasteiger partial charge is 0.454 e. The van der Waals surface area contributed by atoms with Crippen molar-refractivity contribution in [2.24, 2.45) is 0 Å². The van der Waals surface area contributed by atoms with E-state index in [4.69, 9.17) is 4.42 Å². The molecule has 0 spiro atoms. The summed E-state index contributed by atoms with van der Waals surface area (Å²) < 4.78 is 12.1. The Kier molecular flexibility index (Phi) is 7.56. The van der Waals surface area contributed by atoms with E-state index in [0.717, 1.165) is 28.5 Å². The fourth-order valence-corrected chi connectivity index (χ4v) is 14.4. The highest BCUT2D eigenvalue weighted by molar-refractivity contribution is 7.26. The van der Waals surface area contributed by atoms with Crippen molar-refractivity contribution < 1.29 is 4.42 Å². The molecule has 3 aromatic heterocycles. The Morgan fingerprint density at radius 1 is 0.576 bits per heavy atom. The minimum absolute atomic E-state index is 0.0138. The summed E-state index contributed by atoms with van der Waals surface area (Å²) in [7, 11) is 0. The summed E-state index contributed by atoms with van der Waals surface area (Å²) in [4.78, 5) is 5.47. The van der Waals surface area contributed by atoms with Crippen molar-refractivity contribution in [3.8, 4) is 5.69 Å². The zero-order valence-corrected chi connectivity index (χ0v) is 40.1. The monoisotopic (exact) mass is 875 g/mol. The van der Waals surface area contributed by atoms with Gasteiger partial charge in [0.05, 0.1) is 16.7 Å². The minimum Gasteiger partial charge on any atom is -0.454 e. The molecule has 4 nitrogen and oxygen atoms in total. The fraction of sp³-hybridized carbons (Fsp3) is 0.267. The third-order valence-corrected chi connectivity index (χ3v) is 18.0. The van der Waals surface area contributed by atoms with Crippen LogP contribution in [0, 0.1) is 0 Å². The van der Waals surface area contributed by atoms with Crippen LogP contribution in [-0.4, -0.2) is 16.8 Å². The second-order valence-corrected chi connectivity index (χ2v) is 23.5. The van der Waals surface area contributed by atoms with Crippen LogP contribution >= 0.6 is 11.3 Å². The topological polar surface area (TPSA) is 24.6 Å². The van der Waals surface area contributed by atoms with E-state index in [1.165, 1.54) is 118 Å². The van der Waals surface area contributed by atoms with Crippen molar-refractivity contribution in [3.05, 3.63) is 150 Å². The lowest BCUT2D eigenvalue weighted by Crippen LogP contribution is -2.60. The van der Waals surface area contributed by atoms with Crippen LogP contribution in [0.3, 0.4) is 0 Å². The van der Waals surface area contributed by atoms with Crippen LogP contribution in [0.2, 0.25) is 0 Å².